The minimum absolute atomic E-state index is 0.0361. The van der Waals surface area contributed by atoms with Gasteiger partial charge in [-0.3, -0.25) is 4.79 Å². The van der Waals surface area contributed by atoms with Gasteiger partial charge in [0.2, 0.25) is 5.91 Å². The van der Waals surface area contributed by atoms with Crippen LogP contribution in [-0.2, 0) is 9.59 Å². The van der Waals surface area contributed by atoms with Crippen LogP contribution in [0.25, 0.3) is 0 Å². The molecule has 2 aliphatic heterocycles. The Morgan fingerprint density at radius 3 is 2.56 bits per heavy atom. The molecule has 18 heavy (non-hydrogen) atoms. The minimum atomic E-state index is -0.853. The molecule has 0 aromatic carbocycles. The molecule has 0 bridgehead atoms. The van der Waals surface area contributed by atoms with Gasteiger partial charge in [0.15, 0.2) is 0 Å². The van der Waals surface area contributed by atoms with Gasteiger partial charge < -0.3 is 15.3 Å². The summed E-state index contributed by atoms with van der Waals surface area (Å²) in [7, 11) is 0. The second-order valence-corrected chi connectivity index (χ2v) is 5.33. The van der Waals surface area contributed by atoms with Crippen molar-refractivity contribution >= 4 is 11.9 Å². The van der Waals surface area contributed by atoms with E-state index in [2.05, 4.69) is 5.32 Å². The van der Waals surface area contributed by atoms with Gasteiger partial charge >= 0.3 is 5.97 Å². The van der Waals surface area contributed by atoms with Crippen molar-refractivity contribution in [3.63, 3.8) is 0 Å². The van der Waals surface area contributed by atoms with Crippen LogP contribution in [0.5, 0.6) is 0 Å². The van der Waals surface area contributed by atoms with E-state index in [0.717, 1.165) is 38.8 Å². The number of nitrogens with one attached hydrogen (secondary N) is 1. The van der Waals surface area contributed by atoms with Gasteiger partial charge in [-0.25, -0.2) is 4.79 Å². The first kappa shape index (κ1) is 13.3. The fraction of sp³-hybridized carbons (Fsp3) is 0.846. The Kier molecular flexibility index (Phi) is 4.58. The molecule has 1 atom stereocenters. The molecule has 2 aliphatic rings. The highest BCUT2D eigenvalue weighted by molar-refractivity contribution is 5.84. The van der Waals surface area contributed by atoms with Crippen LogP contribution in [0.4, 0.5) is 0 Å². The Bertz CT molecular complexity index is 313. The zero-order valence-electron chi connectivity index (χ0n) is 10.7. The zero-order valence-corrected chi connectivity index (χ0v) is 10.7. The number of carboxylic acid groups (broad SMARTS) is 1. The highest BCUT2D eigenvalue weighted by Crippen LogP contribution is 2.22. The SMILES string of the molecule is O=C(O)[C@H]1CCCCN1C(=O)CC1CCNCC1. The van der Waals surface area contributed by atoms with Gasteiger partial charge in [0.25, 0.3) is 0 Å². The normalized spacial score (nSPS) is 26.0. The first-order valence-electron chi connectivity index (χ1n) is 6.91. The second kappa shape index (κ2) is 6.18. The molecule has 2 saturated heterocycles. The standard InChI is InChI=1S/C13H22N2O3/c16-12(9-10-4-6-14-7-5-10)15-8-2-1-3-11(15)13(17)18/h10-11,14H,1-9H2,(H,17,18)/t11-/m1/s1. The molecule has 0 spiro atoms. The maximum absolute atomic E-state index is 12.2. The van der Waals surface area contributed by atoms with Crippen molar-refractivity contribution < 1.29 is 14.7 Å². The second-order valence-electron chi connectivity index (χ2n) is 5.33. The molecular weight excluding hydrogens is 232 g/mol. The first-order chi connectivity index (χ1) is 8.68. The van der Waals surface area contributed by atoms with E-state index in [-0.39, 0.29) is 5.91 Å². The Balaban J connectivity index is 1.91. The molecule has 1 amide bonds. The smallest absolute Gasteiger partial charge is 0.326 e. The van der Waals surface area contributed by atoms with Gasteiger partial charge in [0, 0.05) is 13.0 Å². The van der Waals surface area contributed by atoms with Crippen LogP contribution in [0.15, 0.2) is 0 Å². The fourth-order valence-electron chi connectivity index (χ4n) is 2.94. The van der Waals surface area contributed by atoms with Gasteiger partial charge in [0.1, 0.15) is 6.04 Å². The van der Waals surface area contributed by atoms with Gasteiger partial charge in [-0.2, -0.15) is 0 Å². The Hall–Kier alpha value is -1.10. The molecule has 2 heterocycles. The average molecular weight is 254 g/mol. The van der Waals surface area contributed by atoms with Crippen LogP contribution in [0, 0.1) is 5.92 Å². The van der Waals surface area contributed by atoms with E-state index in [4.69, 9.17) is 5.11 Å². The van der Waals surface area contributed by atoms with Crippen LogP contribution in [0.3, 0.4) is 0 Å². The molecular formula is C13H22N2O3. The van der Waals surface area contributed by atoms with Crippen molar-refractivity contribution in [3.8, 4) is 0 Å². The molecule has 2 fully saturated rings. The van der Waals surface area contributed by atoms with Crippen molar-refractivity contribution in [2.45, 2.75) is 44.6 Å². The van der Waals surface area contributed by atoms with Gasteiger partial charge in [0.05, 0.1) is 0 Å². The van der Waals surface area contributed by atoms with Crippen LogP contribution in [0.2, 0.25) is 0 Å². The van der Waals surface area contributed by atoms with Crippen molar-refractivity contribution in [1.29, 1.82) is 0 Å². The molecule has 5 heteroatoms. The lowest BCUT2D eigenvalue weighted by Crippen LogP contribution is -2.48. The van der Waals surface area contributed by atoms with Crippen LogP contribution < -0.4 is 5.32 Å². The number of carboxylic acids is 1. The number of hydrogen-bond acceptors (Lipinski definition) is 3. The third kappa shape index (κ3) is 3.22. The van der Waals surface area contributed by atoms with Crippen LogP contribution >= 0.6 is 0 Å². The summed E-state index contributed by atoms with van der Waals surface area (Å²) in [5.74, 6) is -0.391. The summed E-state index contributed by atoms with van der Waals surface area (Å²) in [6, 6.07) is -0.590. The van der Waals surface area contributed by atoms with E-state index < -0.39 is 12.0 Å². The Morgan fingerprint density at radius 2 is 1.89 bits per heavy atom. The summed E-state index contributed by atoms with van der Waals surface area (Å²) >= 11 is 0. The van der Waals surface area contributed by atoms with E-state index in [1.54, 1.807) is 4.90 Å². The fourth-order valence-corrected chi connectivity index (χ4v) is 2.94. The maximum atomic E-state index is 12.2. The van der Waals surface area contributed by atoms with Crippen molar-refractivity contribution in [3.05, 3.63) is 0 Å². The topological polar surface area (TPSA) is 69.6 Å². The number of rotatable bonds is 3. The number of carbonyl (C=O) groups excluding carboxylic acids is 1. The van der Waals surface area contributed by atoms with Gasteiger partial charge in [-0.1, -0.05) is 0 Å². The summed E-state index contributed by atoms with van der Waals surface area (Å²) in [5.41, 5.74) is 0. The highest BCUT2D eigenvalue weighted by atomic mass is 16.4. The molecule has 0 saturated carbocycles. The van der Waals surface area contributed by atoms with E-state index in [9.17, 15) is 9.59 Å². The average Bonchev–Trinajstić information content (AvgIpc) is 2.40. The molecule has 2 N–H and O–H groups in total. The number of aliphatic carboxylic acids is 1. The van der Waals surface area contributed by atoms with Crippen molar-refractivity contribution in [2.24, 2.45) is 5.92 Å². The quantitative estimate of drug-likeness (QED) is 0.783. The lowest BCUT2D eigenvalue weighted by Gasteiger charge is -2.34. The number of nitrogens with zero attached hydrogens (tertiary/aromatic N) is 1. The molecule has 2 rings (SSSR count). The van der Waals surface area contributed by atoms with E-state index in [1.165, 1.54) is 0 Å². The molecule has 0 aromatic heterocycles. The number of amides is 1. The summed E-state index contributed by atoms with van der Waals surface area (Å²) in [6.07, 6.45) is 5.02. The van der Waals surface area contributed by atoms with E-state index in [0.29, 0.717) is 25.3 Å². The Morgan fingerprint density at radius 1 is 1.17 bits per heavy atom. The highest BCUT2D eigenvalue weighted by Gasteiger charge is 2.32. The maximum Gasteiger partial charge on any atom is 0.326 e. The molecule has 0 aromatic rings. The molecule has 0 radical (unpaired) electrons. The molecule has 0 aliphatic carbocycles. The van der Waals surface area contributed by atoms with Gasteiger partial charge in [-0.05, 0) is 51.1 Å². The lowest BCUT2D eigenvalue weighted by atomic mass is 9.93. The third-order valence-electron chi connectivity index (χ3n) is 4.03. The summed E-state index contributed by atoms with van der Waals surface area (Å²) < 4.78 is 0. The monoisotopic (exact) mass is 254 g/mol. The van der Waals surface area contributed by atoms with Crippen LogP contribution in [-0.4, -0.2) is 47.6 Å². The number of hydrogen-bond donors (Lipinski definition) is 2. The molecule has 5 nitrogen and oxygen atoms in total. The molecule has 102 valence electrons. The lowest BCUT2D eigenvalue weighted by molar-refractivity contribution is -0.152. The first-order valence-corrected chi connectivity index (χ1v) is 6.91. The minimum Gasteiger partial charge on any atom is -0.480 e. The van der Waals surface area contributed by atoms with Crippen molar-refractivity contribution in [2.75, 3.05) is 19.6 Å². The predicted octanol–water partition coefficient (Wildman–Crippen LogP) is 0.842. The van der Waals surface area contributed by atoms with E-state index in [1.807, 2.05) is 0 Å². The van der Waals surface area contributed by atoms with E-state index >= 15 is 0 Å². The Labute approximate surface area is 108 Å². The molecule has 0 unspecified atom stereocenters. The van der Waals surface area contributed by atoms with Gasteiger partial charge in [-0.15, -0.1) is 0 Å². The van der Waals surface area contributed by atoms with Crippen molar-refractivity contribution in [1.82, 2.24) is 10.2 Å². The largest absolute Gasteiger partial charge is 0.480 e. The summed E-state index contributed by atoms with van der Waals surface area (Å²) in [6.45, 7) is 2.56. The number of piperidine rings is 2. The number of likely N-dealkylation sites (tertiary alicyclic amines) is 1. The third-order valence-corrected chi connectivity index (χ3v) is 4.03. The summed E-state index contributed by atoms with van der Waals surface area (Å²) in [4.78, 5) is 25.0. The predicted molar refractivity (Wildman–Crippen MR) is 67.2 cm³/mol. The zero-order chi connectivity index (χ0) is 13.0. The number of carbonyl (C=O) groups is 2. The van der Waals surface area contributed by atoms with Crippen LogP contribution in [0.1, 0.15) is 38.5 Å². The summed E-state index contributed by atoms with van der Waals surface area (Å²) in [5, 5.41) is 12.4.